The SMILES string of the molecule is CC(C#N)C(=S)NC1C(=O)N2C(C(=O)O)=C(CSc3nnnn3C)CS[C@@H]12. The van der Waals surface area contributed by atoms with Gasteiger partial charge in [-0.05, 0) is 22.9 Å². The summed E-state index contributed by atoms with van der Waals surface area (Å²) >= 11 is 7.91. The minimum absolute atomic E-state index is 0.00341. The molecule has 3 rings (SSSR count). The van der Waals surface area contributed by atoms with Crippen LogP contribution < -0.4 is 5.32 Å². The number of amides is 1. The Hall–Kier alpha value is -2.17. The van der Waals surface area contributed by atoms with Crippen molar-refractivity contribution >= 4 is 52.6 Å². The van der Waals surface area contributed by atoms with E-state index in [1.165, 1.54) is 33.1 Å². The molecule has 2 N–H and O–H groups in total. The van der Waals surface area contributed by atoms with Crippen LogP contribution in [0.25, 0.3) is 0 Å². The van der Waals surface area contributed by atoms with Crippen LogP contribution in [0.4, 0.5) is 0 Å². The van der Waals surface area contributed by atoms with Gasteiger partial charge in [-0.2, -0.15) is 5.26 Å². The highest BCUT2D eigenvalue weighted by molar-refractivity contribution is 8.01. The predicted octanol–water partition coefficient (Wildman–Crippen LogP) is 0.00128. The topological polar surface area (TPSA) is 137 Å². The van der Waals surface area contributed by atoms with Crippen molar-refractivity contribution < 1.29 is 14.7 Å². The number of hydrogen-bond donors (Lipinski definition) is 2. The highest BCUT2D eigenvalue weighted by Crippen LogP contribution is 2.41. The van der Waals surface area contributed by atoms with Gasteiger partial charge in [-0.15, -0.1) is 16.9 Å². The Kier molecular flexibility index (Phi) is 5.68. The summed E-state index contributed by atoms with van der Waals surface area (Å²) in [4.78, 5) is 25.9. The summed E-state index contributed by atoms with van der Waals surface area (Å²) in [6, 6.07) is 1.39. The van der Waals surface area contributed by atoms with Crippen LogP contribution in [0.2, 0.25) is 0 Å². The molecule has 1 amide bonds. The normalized spacial score (nSPS) is 22.6. The second kappa shape index (κ2) is 7.83. The van der Waals surface area contributed by atoms with Crippen LogP contribution in [0.15, 0.2) is 16.4 Å². The number of carbonyl (C=O) groups is 2. The quantitative estimate of drug-likeness (QED) is 0.362. The molecule has 2 unspecified atom stereocenters. The van der Waals surface area contributed by atoms with Crippen LogP contribution in [-0.4, -0.2) is 70.0 Å². The van der Waals surface area contributed by atoms with Gasteiger partial charge >= 0.3 is 5.97 Å². The molecule has 0 bridgehead atoms. The first-order chi connectivity index (χ1) is 12.8. The molecule has 0 radical (unpaired) electrons. The summed E-state index contributed by atoms with van der Waals surface area (Å²) in [5.41, 5.74) is 0.639. The molecule has 1 saturated heterocycles. The van der Waals surface area contributed by atoms with E-state index in [9.17, 15) is 14.7 Å². The zero-order valence-electron chi connectivity index (χ0n) is 14.3. The number of carbonyl (C=O) groups excluding carboxylic acids is 1. The number of rotatable bonds is 6. The summed E-state index contributed by atoms with van der Waals surface area (Å²) in [5, 5.41) is 32.8. The molecule has 3 heterocycles. The van der Waals surface area contributed by atoms with Gasteiger partial charge < -0.3 is 10.4 Å². The molecule has 13 heteroatoms. The molecular weight excluding hydrogens is 410 g/mol. The number of nitrogens with zero attached hydrogens (tertiary/aromatic N) is 6. The lowest BCUT2D eigenvalue weighted by Gasteiger charge is -2.49. The van der Waals surface area contributed by atoms with Gasteiger partial charge in [-0.3, -0.25) is 9.69 Å². The number of thioether (sulfide) groups is 2. The van der Waals surface area contributed by atoms with Crippen LogP contribution >= 0.6 is 35.7 Å². The molecule has 0 aliphatic carbocycles. The molecule has 3 atom stereocenters. The van der Waals surface area contributed by atoms with Crippen molar-refractivity contribution in [3.8, 4) is 6.07 Å². The first kappa shape index (κ1) is 19.6. The number of nitriles is 1. The lowest BCUT2D eigenvalue weighted by molar-refractivity contribution is -0.148. The van der Waals surface area contributed by atoms with Gasteiger partial charge in [-0.25, -0.2) is 9.48 Å². The molecule has 0 spiro atoms. The molecule has 10 nitrogen and oxygen atoms in total. The summed E-state index contributed by atoms with van der Waals surface area (Å²) in [6.45, 7) is 1.64. The molecule has 2 aliphatic heterocycles. The van der Waals surface area contributed by atoms with Crippen LogP contribution in [0.1, 0.15) is 6.92 Å². The van der Waals surface area contributed by atoms with Gasteiger partial charge in [0, 0.05) is 18.6 Å². The third-order valence-electron chi connectivity index (χ3n) is 4.09. The lowest BCUT2D eigenvalue weighted by atomic mass is 10.0. The number of aliphatic carboxylic acids is 1. The fraction of sp³-hybridized carbons (Fsp3) is 0.500. The Labute approximate surface area is 168 Å². The smallest absolute Gasteiger partial charge is 0.352 e. The van der Waals surface area contributed by atoms with E-state index in [-0.39, 0.29) is 22.0 Å². The van der Waals surface area contributed by atoms with E-state index in [0.29, 0.717) is 22.2 Å². The van der Waals surface area contributed by atoms with Crippen molar-refractivity contribution in [3.63, 3.8) is 0 Å². The third-order valence-corrected chi connectivity index (χ3v) is 7.00. The number of fused-ring (bicyclic) bond motifs is 1. The number of hydrogen-bond acceptors (Lipinski definition) is 9. The fourth-order valence-corrected chi connectivity index (χ4v) is 5.14. The Morgan fingerprint density at radius 2 is 2.37 bits per heavy atom. The number of β-lactam (4-membered cyclic amide) rings is 1. The average molecular weight is 426 g/mol. The Bertz CT molecular complexity index is 878. The molecule has 27 heavy (non-hydrogen) atoms. The summed E-state index contributed by atoms with van der Waals surface area (Å²) < 4.78 is 1.50. The maximum absolute atomic E-state index is 12.6. The standard InChI is InChI=1S/C14H15N7O3S3/c1-6(3-15)10(25)16-8-11(22)21-9(13(23)24)7(4-26-12(8)21)5-27-14-17-18-19-20(14)2/h6,8,12H,4-5H2,1-2H3,(H,16,25)(H,23,24)/t6?,8?,12-/m0/s1. The van der Waals surface area contributed by atoms with Crippen molar-refractivity contribution in [1.82, 2.24) is 30.4 Å². The molecule has 0 aromatic carbocycles. The molecule has 142 valence electrons. The Morgan fingerprint density at radius 1 is 1.63 bits per heavy atom. The predicted molar refractivity (Wildman–Crippen MR) is 102 cm³/mol. The van der Waals surface area contributed by atoms with Gasteiger partial charge in [0.15, 0.2) is 0 Å². The maximum atomic E-state index is 12.6. The number of tetrazole rings is 1. The number of nitrogens with one attached hydrogen (secondary N) is 1. The van der Waals surface area contributed by atoms with Gasteiger partial charge in [0.2, 0.25) is 5.16 Å². The molecule has 1 aromatic rings. The first-order valence-electron chi connectivity index (χ1n) is 7.80. The minimum Gasteiger partial charge on any atom is -0.477 e. The third kappa shape index (κ3) is 3.64. The number of thiocarbonyl (C=S) groups is 1. The van der Waals surface area contributed by atoms with Crippen molar-refractivity contribution in [2.24, 2.45) is 13.0 Å². The monoisotopic (exact) mass is 425 g/mol. The second-order valence-corrected chi connectivity index (χ2v) is 8.37. The van der Waals surface area contributed by atoms with Crippen LogP contribution in [-0.2, 0) is 16.6 Å². The van der Waals surface area contributed by atoms with E-state index in [4.69, 9.17) is 17.5 Å². The van der Waals surface area contributed by atoms with E-state index >= 15 is 0 Å². The largest absolute Gasteiger partial charge is 0.477 e. The number of carboxylic acids is 1. The van der Waals surface area contributed by atoms with Crippen molar-refractivity contribution in [1.29, 1.82) is 5.26 Å². The van der Waals surface area contributed by atoms with E-state index < -0.39 is 17.9 Å². The van der Waals surface area contributed by atoms with Crippen LogP contribution in [0.5, 0.6) is 0 Å². The maximum Gasteiger partial charge on any atom is 0.352 e. The summed E-state index contributed by atoms with van der Waals surface area (Å²) in [6.07, 6.45) is 0. The highest BCUT2D eigenvalue weighted by Gasteiger charge is 2.53. The minimum atomic E-state index is -1.15. The van der Waals surface area contributed by atoms with Gasteiger partial charge in [-0.1, -0.05) is 24.0 Å². The Balaban J connectivity index is 1.75. The molecular formula is C14H15N7O3S3. The number of aryl methyl sites for hydroxylation is 1. The zero-order valence-corrected chi connectivity index (χ0v) is 16.8. The van der Waals surface area contributed by atoms with E-state index in [2.05, 4.69) is 20.8 Å². The van der Waals surface area contributed by atoms with Gasteiger partial charge in [0.05, 0.1) is 17.0 Å². The van der Waals surface area contributed by atoms with Crippen molar-refractivity contribution in [3.05, 3.63) is 11.3 Å². The Morgan fingerprint density at radius 3 is 2.96 bits per heavy atom. The van der Waals surface area contributed by atoms with Crippen molar-refractivity contribution in [2.45, 2.75) is 23.5 Å². The molecule has 1 fully saturated rings. The molecule has 2 aliphatic rings. The second-order valence-electron chi connectivity index (χ2n) is 5.88. The average Bonchev–Trinajstić information content (AvgIpc) is 3.07. The fourth-order valence-electron chi connectivity index (χ4n) is 2.63. The van der Waals surface area contributed by atoms with Gasteiger partial charge in [0.25, 0.3) is 5.91 Å². The van der Waals surface area contributed by atoms with Crippen LogP contribution in [0, 0.1) is 17.2 Å². The lowest BCUT2D eigenvalue weighted by Crippen LogP contribution is -2.70. The first-order valence-corrected chi connectivity index (χ1v) is 10.2. The zero-order chi connectivity index (χ0) is 19.7. The number of aromatic nitrogens is 4. The number of carboxylic acid groups (broad SMARTS) is 1. The molecule has 1 aromatic heterocycles. The summed E-state index contributed by atoms with van der Waals surface area (Å²) in [7, 11) is 1.70. The summed E-state index contributed by atoms with van der Waals surface area (Å²) in [5.74, 6) is -1.20. The highest BCUT2D eigenvalue weighted by atomic mass is 32.2. The molecule has 0 saturated carbocycles. The van der Waals surface area contributed by atoms with E-state index in [1.54, 1.807) is 14.0 Å². The van der Waals surface area contributed by atoms with E-state index in [0.717, 1.165) is 0 Å². The van der Waals surface area contributed by atoms with E-state index in [1.807, 2.05) is 6.07 Å². The van der Waals surface area contributed by atoms with Gasteiger partial charge in [0.1, 0.15) is 17.1 Å². The van der Waals surface area contributed by atoms with Crippen molar-refractivity contribution in [2.75, 3.05) is 11.5 Å². The van der Waals surface area contributed by atoms with Crippen LogP contribution in [0.3, 0.4) is 0 Å².